The van der Waals surface area contributed by atoms with Crippen LogP contribution in [0.2, 0.25) is 5.02 Å². The lowest BCUT2D eigenvalue weighted by Gasteiger charge is -2.17. The van der Waals surface area contributed by atoms with Gasteiger partial charge in [-0.2, -0.15) is 0 Å². The molecule has 0 spiro atoms. The van der Waals surface area contributed by atoms with Crippen LogP contribution in [0, 0.1) is 0 Å². The Labute approximate surface area is 134 Å². The average Bonchev–Trinajstić information content (AvgIpc) is 2.58. The zero-order chi connectivity index (χ0) is 13.3. The molecule has 96 valence electrons. The Hall–Kier alpha value is 0.120. The molecular formula is C11H8Br2ClNOS2. The zero-order valence-corrected chi connectivity index (χ0v) is 14.8. The van der Waals surface area contributed by atoms with Crippen LogP contribution in [-0.2, 0) is 6.54 Å². The molecule has 2 rings (SSSR count). The predicted octanol–water partition coefficient (Wildman–Crippen LogP) is 4.98. The van der Waals surface area contributed by atoms with Gasteiger partial charge in [-0.25, -0.2) is 0 Å². The summed E-state index contributed by atoms with van der Waals surface area (Å²) in [6.45, 7) is 0.699. The Kier molecular flexibility index (Phi) is 4.88. The number of benzene rings is 1. The summed E-state index contributed by atoms with van der Waals surface area (Å²) < 4.78 is 1.97. The van der Waals surface area contributed by atoms with Gasteiger partial charge in [0.05, 0.1) is 0 Å². The van der Waals surface area contributed by atoms with E-state index in [1.54, 1.807) is 0 Å². The highest BCUT2D eigenvalue weighted by Crippen LogP contribution is 2.32. The predicted molar refractivity (Wildman–Crippen MR) is 87.4 cm³/mol. The van der Waals surface area contributed by atoms with Crippen molar-refractivity contribution in [1.82, 2.24) is 0 Å². The van der Waals surface area contributed by atoms with Crippen molar-refractivity contribution < 1.29 is 0 Å². The molecule has 0 atom stereocenters. The van der Waals surface area contributed by atoms with Crippen molar-refractivity contribution in [2.75, 3.05) is 11.9 Å². The van der Waals surface area contributed by atoms with Gasteiger partial charge in [-0.1, -0.05) is 53.8 Å². The Balaban J connectivity index is 2.23. The fourth-order valence-corrected chi connectivity index (χ4v) is 5.65. The molecule has 2 aromatic rings. The average molecular weight is 430 g/mol. The van der Waals surface area contributed by atoms with E-state index in [9.17, 15) is 4.79 Å². The monoisotopic (exact) mass is 427 g/mol. The van der Waals surface area contributed by atoms with Gasteiger partial charge in [0.2, 0.25) is 0 Å². The summed E-state index contributed by atoms with van der Waals surface area (Å²) in [6.07, 6.45) is 0. The summed E-state index contributed by atoms with van der Waals surface area (Å²) in [5.41, 5.74) is 1.14. The minimum absolute atomic E-state index is 0.0704. The van der Waals surface area contributed by atoms with Gasteiger partial charge < -0.3 is 4.90 Å². The van der Waals surface area contributed by atoms with E-state index >= 15 is 0 Å². The van der Waals surface area contributed by atoms with Crippen molar-refractivity contribution in [2.24, 2.45) is 0 Å². The second-order valence-corrected chi connectivity index (χ2v) is 8.01. The zero-order valence-electron chi connectivity index (χ0n) is 9.25. The molecule has 1 aromatic carbocycles. The molecule has 0 bridgehead atoms. The summed E-state index contributed by atoms with van der Waals surface area (Å²) in [4.78, 5) is 13.3. The Morgan fingerprint density at radius 2 is 1.83 bits per heavy atom. The summed E-state index contributed by atoms with van der Waals surface area (Å²) in [5.74, 6) is 0. The van der Waals surface area contributed by atoms with E-state index in [2.05, 4.69) is 31.9 Å². The minimum atomic E-state index is -0.0704. The largest absolute Gasteiger partial charge is 0.360 e. The Bertz CT molecular complexity index is 605. The van der Waals surface area contributed by atoms with E-state index in [0.717, 1.165) is 19.5 Å². The first-order valence-electron chi connectivity index (χ1n) is 4.92. The van der Waals surface area contributed by atoms with Crippen molar-refractivity contribution >= 4 is 69.1 Å². The van der Waals surface area contributed by atoms with Crippen LogP contribution in [0.3, 0.4) is 0 Å². The van der Waals surface area contributed by atoms with E-state index < -0.39 is 0 Å². The third-order valence-corrected chi connectivity index (χ3v) is 6.03. The van der Waals surface area contributed by atoms with Gasteiger partial charge in [0.25, 0.3) is 4.74 Å². The van der Waals surface area contributed by atoms with Crippen LogP contribution in [0.15, 0.2) is 31.9 Å². The highest BCUT2D eigenvalue weighted by atomic mass is 79.9. The fraction of sp³-hybridized carbons (Fsp3) is 0.182. The molecule has 2 nitrogen and oxygen atoms in total. The first-order valence-corrected chi connectivity index (χ1v) is 9.03. The highest BCUT2D eigenvalue weighted by molar-refractivity contribution is 9.11. The number of anilines is 1. The third kappa shape index (κ3) is 3.36. The van der Waals surface area contributed by atoms with Crippen molar-refractivity contribution in [1.29, 1.82) is 0 Å². The van der Waals surface area contributed by atoms with Crippen LogP contribution in [0.25, 0.3) is 0 Å². The molecule has 1 heterocycles. The molecule has 18 heavy (non-hydrogen) atoms. The second-order valence-electron chi connectivity index (χ2n) is 3.71. The van der Waals surface area contributed by atoms with Crippen molar-refractivity contribution in [3.63, 3.8) is 0 Å². The molecule has 0 aliphatic heterocycles. The van der Waals surface area contributed by atoms with E-state index in [1.165, 1.54) is 20.7 Å². The van der Waals surface area contributed by atoms with Crippen LogP contribution in [0.4, 0.5) is 5.00 Å². The number of nitrogens with zero attached hydrogens (tertiary/aromatic N) is 1. The minimum Gasteiger partial charge on any atom is -0.360 e. The molecule has 0 saturated carbocycles. The van der Waals surface area contributed by atoms with Gasteiger partial charge in [0, 0.05) is 22.5 Å². The van der Waals surface area contributed by atoms with Crippen molar-refractivity contribution in [2.45, 2.75) is 6.54 Å². The molecule has 0 saturated heterocycles. The van der Waals surface area contributed by atoms with Gasteiger partial charge >= 0.3 is 0 Å². The summed E-state index contributed by atoms with van der Waals surface area (Å²) in [7, 11) is 4.51. The standard InChI is InChI=1S/C11H8Br2ClNOS2/c1-15(10-9(14)11(16)18-17-10)5-6-2-7(12)4-8(13)3-6/h2-4H,5H2,1H3. The van der Waals surface area contributed by atoms with Gasteiger partial charge in [0.1, 0.15) is 10.0 Å². The SMILES string of the molecule is CN(Cc1cc(Br)cc(Br)c1)c1ssc(=O)c1Cl. The maximum atomic E-state index is 11.4. The summed E-state index contributed by atoms with van der Waals surface area (Å²) in [6, 6.07) is 6.08. The molecule has 0 amide bonds. The van der Waals surface area contributed by atoms with E-state index in [0.29, 0.717) is 11.6 Å². The molecular weight excluding hydrogens is 422 g/mol. The molecule has 7 heteroatoms. The lowest BCUT2D eigenvalue weighted by Crippen LogP contribution is -2.16. The summed E-state index contributed by atoms with van der Waals surface area (Å²) in [5, 5.41) is 1.14. The molecule has 0 aliphatic carbocycles. The number of hydrogen-bond acceptors (Lipinski definition) is 4. The fourth-order valence-electron chi connectivity index (χ4n) is 1.52. The molecule has 0 N–H and O–H groups in total. The molecule has 1 aromatic heterocycles. The van der Waals surface area contributed by atoms with Gasteiger partial charge in [0.15, 0.2) is 0 Å². The number of rotatable bonds is 3. The molecule has 0 radical (unpaired) electrons. The molecule has 0 fully saturated rings. The maximum Gasteiger partial charge on any atom is 0.263 e. The van der Waals surface area contributed by atoms with Gasteiger partial charge in [-0.05, 0) is 34.1 Å². The Morgan fingerprint density at radius 1 is 1.22 bits per heavy atom. The smallest absolute Gasteiger partial charge is 0.263 e. The van der Waals surface area contributed by atoms with Crippen LogP contribution in [0.5, 0.6) is 0 Å². The quantitative estimate of drug-likeness (QED) is 0.641. The van der Waals surface area contributed by atoms with Crippen LogP contribution >= 0.6 is 64.1 Å². The maximum absolute atomic E-state index is 11.4. The summed E-state index contributed by atoms with van der Waals surface area (Å²) >= 11 is 12.9. The van der Waals surface area contributed by atoms with E-state index in [-0.39, 0.29) is 4.74 Å². The van der Waals surface area contributed by atoms with Crippen molar-refractivity contribution in [3.8, 4) is 0 Å². The first-order chi connectivity index (χ1) is 8.47. The van der Waals surface area contributed by atoms with Crippen LogP contribution in [-0.4, -0.2) is 7.05 Å². The van der Waals surface area contributed by atoms with Gasteiger partial charge in [-0.15, -0.1) is 0 Å². The van der Waals surface area contributed by atoms with E-state index in [4.69, 9.17) is 11.6 Å². The normalized spacial score (nSPS) is 10.7. The topological polar surface area (TPSA) is 20.3 Å². The lowest BCUT2D eigenvalue weighted by molar-refractivity contribution is 0.933. The van der Waals surface area contributed by atoms with Crippen LogP contribution < -0.4 is 9.64 Å². The molecule has 0 aliphatic rings. The highest BCUT2D eigenvalue weighted by Gasteiger charge is 2.13. The number of hydrogen-bond donors (Lipinski definition) is 0. The lowest BCUT2D eigenvalue weighted by atomic mass is 10.2. The molecule has 0 unspecified atom stereocenters. The van der Waals surface area contributed by atoms with Crippen molar-refractivity contribution in [3.05, 3.63) is 47.3 Å². The number of halogens is 3. The second kappa shape index (κ2) is 6.05. The third-order valence-electron chi connectivity index (χ3n) is 2.25. The van der Waals surface area contributed by atoms with E-state index in [1.807, 2.05) is 30.1 Å². The Morgan fingerprint density at radius 3 is 2.33 bits per heavy atom. The van der Waals surface area contributed by atoms with Crippen LogP contribution in [0.1, 0.15) is 5.56 Å². The van der Waals surface area contributed by atoms with Gasteiger partial charge in [-0.3, -0.25) is 4.79 Å². The first kappa shape index (κ1) is 14.5.